The van der Waals surface area contributed by atoms with Crippen LogP contribution in [0.2, 0.25) is 0 Å². The van der Waals surface area contributed by atoms with Gasteiger partial charge >= 0.3 is 0 Å². The highest BCUT2D eigenvalue weighted by Crippen LogP contribution is 2.52. The van der Waals surface area contributed by atoms with E-state index in [0.29, 0.717) is 0 Å². The number of nitrogens with zero attached hydrogens (tertiary/aromatic N) is 3. The van der Waals surface area contributed by atoms with E-state index in [2.05, 4.69) is 175 Å². The molecule has 0 N–H and O–H groups in total. The van der Waals surface area contributed by atoms with E-state index in [1.165, 1.54) is 54.8 Å². The van der Waals surface area contributed by atoms with Crippen molar-refractivity contribution in [1.29, 1.82) is 0 Å². The van der Waals surface area contributed by atoms with Crippen LogP contribution < -0.4 is 0 Å². The Morgan fingerprint density at radius 3 is 2.06 bits per heavy atom. The molecule has 1 aliphatic rings. The third kappa shape index (κ3) is 3.60. The van der Waals surface area contributed by atoms with Gasteiger partial charge in [-0.3, -0.25) is 4.57 Å². The highest BCUT2D eigenvalue weighted by atomic mass is 15.1. The predicted octanol–water partition coefficient (Wildman–Crippen LogP) is 11.2. The third-order valence-electron chi connectivity index (χ3n) is 10.3. The lowest BCUT2D eigenvalue weighted by Gasteiger charge is -2.35. The summed E-state index contributed by atoms with van der Waals surface area (Å²) in [4.78, 5) is 5.13. The molecule has 0 fully saturated rings. The molecule has 3 heteroatoms. The number of fused-ring (bicyclic) bond motifs is 7. The Hall–Kier alpha value is -5.93. The first-order valence-corrected chi connectivity index (χ1v) is 16.3. The normalized spacial score (nSPS) is 13.5. The fourth-order valence-corrected chi connectivity index (χ4v) is 8.16. The summed E-state index contributed by atoms with van der Waals surface area (Å²) in [6, 6.07) is 55.0. The molecule has 0 radical (unpaired) electrons. The van der Waals surface area contributed by atoms with Gasteiger partial charge in [0.05, 0.1) is 22.1 Å². The first-order chi connectivity index (χ1) is 23.1. The van der Waals surface area contributed by atoms with E-state index >= 15 is 0 Å². The minimum Gasteiger partial charge on any atom is -0.309 e. The van der Waals surface area contributed by atoms with Crippen molar-refractivity contribution < 1.29 is 0 Å². The van der Waals surface area contributed by atoms with Crippen LogP contribution in [0.25, 0.3) is 77.5 Å². The largest absolute Gasteiger partial charge is 0.309 e. The summed E-state index contributed by atoms with van der Waals surface area (Å²) in [6.45, 7) is 4.73. The molecule has 2 heterocycles. The lowest BCUT2D eigenvalue weighted by molar-refractivity contribution is 0.645. The fraction of sp³-hybridized carbons (Fsp3) is 0.0682. The minimum absolute atomic E-state index is 0.0977. The molecule has 0 aliphatic heterocycles. The van der Waals surface area contributed by atoms with Crippen molar-refractivity contribution in [2.24, 2.45) is 0 Å². The molecule has 47 heavy (non-hydrogen) atoms. The molecule has 222 valence electrons. The topological polar surface area (TPSA) is 22.8 Å². The zero-order chi connectivity index (χ0) is 31.3. The monoisotopic (exact) mass is 601 g/mol. The molecule has 0 saturated heterocycles. The van der Waals surface area contributed by atoms with Gasteiger partial charge in [0, 0.05) is 38.7 Å². The second-order valence-corrected chi connectivity index (χ2v) is 13.2. The Balaban J connectivity index is 1.26. The van der Waals surface area contributed by atoms with E-state index in [4.69, 9.17) is 4.98 Å². The number of hydrogen-bond acceptors (Lipinski definition) is 1. The van der Waals surface area contributed by atoms with Crippen LogP contribution in [-0.4, -0.2) is 14.1 Å². The highest BCUT2D eigenvalue weighted by molar-refractivity contribution is 6.23. The van der Waals surface area contributed by atoms with E-state index in [-0.39, 0.29) is 5.41 Å². The van der Waals surface area contributed by atoms with Crippen molar-refractivity contribution in [2.75, 3.05) is 0 Å². The first kappa shape index (κ1) is 26.3. The number of hydrogen-bond donors (Lipinski definition) is 0. The molecule has 0 spiro atoms. The number of aromatic nitrogens is 3. The molecule has 1 aliphatic carbocycles. The summed E-state index contributed by atoms with van der Waals surface area (Å²) in [7, 11) is 0. The number of rotatable bonds is 3. The zero-order valence-electron chi connectivity index (χ0n) is 26.3. The van der Waals surface area contributed by atoms with Crippen molar-refractivity contribution in [1.82, 2.24) is 14.1 Å². The molecule has 9 aromatic rings. The third-order valence-corrected chi connectivity index (χ3v) is 10.3. The van der Waals surface area contributed by atoms with Gasteiger partial charge in [0.2, 0.25) is 0 Å². The summed E-state index contributed by atoms with van der Waals surface area (Å²) in [5.74, 6) is 0.938. The fourth-order valence-electron chi connectivity index (χ4n) is 8.16. The summed E-state index contributed by atoms with van der Waals surface area (Å²) in [5.41, 5.74) is 13.2. The van der Waals surface area contributed by atoms with Gasteiger partial charge in [-0.1, -0.05) is 105 Å². The maximum absolute atomic E-state index is 5.13. The molecular weight excluding hydrogens is 571 g/mol. The second-order valence-electron chi connectivity index (χ2n) is 13.2. The average Bonchev–Trinajstić information content (AvgIpc) is 3.67. The summed E-state index contributed by atoms with van der Waals surface area (Å²) >= 11 is 0. The standard InChI is InChI=1S/C44H31N3/c1-44(2)35-18-8-6-17-33(35)41-40-29(13-12-19-36(40)44)27-34-32-16-7-10-21-38(32)46(42(34)41)31-25-23-28(24-26-31)43-45-37-20-9-11-22-39(37)47(43)30-14-4-3-5-15-30/h3-27H,1-2H3. The van der Waals surface area contributed by atoms with E-state index in [1.54, 1.807) is 0 Å². The molecule has 3 nitrogen and oxygen atoms in total. The van der Waals surface area contributed by atoms with Crippen LogP contribution in [0.3, 0.4) is 0 Å². The summed E-state index contributed by atoms with van der Waals surface area (Å²) in [5, 5.41) is 5.21. The van der Waals surface area contributed by atoms with Crippen LogP contribution in [-0.2, 0) is 5.41 Å². The van der Waals surface area contributed by atoms with E-state index in [9.17, 15) is 0 Å². The van der Waals surface area contributed by atoms with Crippen molar-refractivity contribution in [2.45, 2.75) is 19.3 Å². The first-order valence-electron chi connectivity index (χ1n) is 16.3. The van der Waals surface area contributed by atoms with Gasteiger partial charge in [-0.15, -0.1) is 0 Å². The maximum atomic E-state index is 5.13. The number of para-hydroxylation sites is 4. The SMILES string of the molecule is CC1(C)c2ccccc2-c2c3c1cccc3cc1c3ccccc3n(-c3ccc(-c4nc5ccccc5n4-c4ccccc4)cc3)c21. The molecule has 0 bridgehead atoms. The van der Waals surface area contributed by atoms with Gasteiger partial charge in [0.15, 0.2) is 0 Å². The molecule has 0 amide bonds. The average molecular weight is 602 g/mol. The van der Waals surface area contributed by atoms with Crippen LogP contribution in [0.1, 0.15) is 25.0 Å². The molecule has 10 rings (SSSR count). The molecule has 7 aromatic carbocycles. The Bertz CT molecular complexity index is 2690. The Morgan fingerprint density at radius 2 is 1.21 bits per heavy atom. The van der Waals surface area contributed by atoms with Crippen LogP contribution in [0.5, 0.6) is 0 Å². The molecular formula is C44H31N3. The Morgan fingerprint density at radius 1 is 0.532 bits per heavy atom. The van der Waals surface area contributed by atoms with Gasteiger partial charge in [-0.2, -0.15) is 0 Å². The minimum atomic E-state index is -0.0977. The number of imidazole rings is 1. The maximum Gasteiger partial charge on any atom is 0.145 e. The van der Waals surface area contributed by atoms with Gasteiger partial charge in [0.25, 0.3) is 0 Å². The van der Waals surface area contributed by atoms with Crippen LogP contribution in [0.4, 0.5) is 0 Å². The Labute approximate surface area is 273 Å². The smallest absolute Gasteiger partial charge is 0.145 e. The number of benzene rings is 7. The Kier molecular flexibility index (Phi) is 5.34. The van der Waals surface area contributed by atoms with Gasteiger partial charge in [0.1, 0.15) is 5.82 Å². The van der Waals surface area contributed by atoms with Crippen LogP contribution in [0.15, 0.2) is 152 Å². The zero-order valence-corrected chi connectivity index (χ0v) is 26.3. The van der Waals surface area contributed by atoms with E-state index < -0.39 is 0 Å². The van der Waals surface area contributed by atoms with Gasteiger partial charge in [-0.25, -0.2) is 4.98 Å². The summed E-state index contributed by atoms with van der Waals surface area (Å²) in [6.07, 6.45) is 0. The van der Waals surface area contributed by atoms with Crippen molar-refractivity contribution in [3.8, 4) is 33.9 Å². The van der Waals surface area contributed by atoms with Crippen LogP contribution >= 0.6 is 0 Å². The van der Waals surface area contributed by atoms with E-state index in [1.807, 2.05) is 0 Å². The van der Waals surface area contributed by atoms with Crippen molar-refractivity contribution >= 4 is 43.6 Å². The second kappa shape index (κ2) is 9.54. The highest BCUT2D eigenvalue weighted by Gasteiger charge is 2.35. The summed E-state index contributed by atoms with van der Waals surface area (Å²) < 4.78 is 4.75. The molecule has 0 atom stereocenters. The quantitative estimate of drug-likeness (QED) is 0.198. The van der Waals surface area contributed by atoms with Crippen molar-refractivity contribution in [3.63, 3.8) is 0 Å². The lowest BCUT2D eigenvalue weighted by Crippen LogP contribution is -2.23. The van der Waals surface area contributed by atoms with Gasteiger partial charge in [-0.05, 0) is 88.1 Å². The van der Waals surface area contributed by atoms with Crippen molar-refractivity contribution in [3.05, 3.63) is 163 Å². The molecule has 0 saturated carbocycles. The molecule has 0 unspecified atom stereocenters. The van der Waals surface area contributed by atoms with Gasteiger partial charge < -0.3 is 4.57 Å². The predicted molar refractivity (Wildman–Crippen MR) is 196 cm³/mol. The van der Waals surface area contributed by atoms with Crippen LogP contribution in [0, 0.1) is 0 Å². The lowest BCUT2D eigenvalue weighted by atomic mass is 9.68. The molecule has 2 aromatic heterocycles. The van der Waals surface area contributed by atoms with E-state index in [0.717, 1.165) is 33.8 Å².